The number of aliphatic hydroxyl groups excluding tert-OH is 5. The molecule has 0 spiro atoms. The molecule has 6 rings (SSSR count). The van der Waals surface area contributed by atoms with Crippen molar-refractivity contribution in [3.63, 3.8) is 0 Å². The summed E-state index contributed by atoms with van der Waals surface area (Å²) < 4.78 is 5.67. The number of anilines is 1. The predicted molar refractivity (Wildman–Crippen MR) is 172 cm³/mol. The lowest BCUT2D eigenvalue weighted by molar-refractivity contribution is -0.231. The van der Waals surface area contributed by atoms with Crippen LogP contribution in [0, 0.1) is 5.92 Å². The number of ether oxygens (including phenoxy) is 1. The maximum Gasteiger partial charge on any atom is 0.233 e. The Hall–Kier alpha value is -3.80. The molecular weight excluding hydrogens is 610 g/mol. The van der Waals surface area contributed by atoms with Crippen LogP contribution in [0.1, 0.15) is 47.8 Å². The van der Waals surface area contributed by atoms with Gasteiger partial charge in [0.25, 0.3) is 0 Å². The molecule has 2 aliphatic heterocycles. The zero-order chi connectivity index (χ0) is 32.5. The summed E-state index contributed by atoms with van der Waals surface area (Å²) in [5.74, 6) is -0.499. The predicted octanol–water partition coefficient (Wildman–Crippen LogP) is 4.45. The highest BCUT2D eigenvalue weighted by atomic mass is 35.5. The lowest BCUT2D eigenvalue weighted by Crippen LogP contribution is -2.55. The molecule has 2 saturated heterocycles. The molecule has 240 valence electrons. The van der Waals surface area contributed by atoms with Gasteiger partial charge in [0.2, 0.25) is 5.91 Å². The van der Waals surface area contributed by atoms with Crippen molar-refractivity contribution in [1.82, 2.24) is 0 Å². The van der Waals surface area contributed by atoms with E-state index in [2.05, 4.69) is 0 Å². The van der Waals surface area contributed by atoms with Crippen LogP contribution in [0.5, 0.6) is 5.75 Å². The number of hydrogen-bond donors (Lipinski definition) is 6. The molecule has 4 aromatic rings. The van der Waals surface area contributed by atoms with Gasteiger partial charge in [-0.05, 0) is 65.4 Å². The first-order valence-electron chi connectivity index (χ1n) is 15.2. The van der Waals surface area contributed by atoms with Crippen LogP contribution in [0.25, 0.3) is 11.1 Å². The van der Waals surface area contributed by atoms with Crippen LogP contribution in [0.15, 0.2) is 97.1 Å². The van der Waals surface area contributed by atoms with E-state index in [9.17, 15) is 35.4 Å². The highest BCUT2D eigenvalue weighted by molar-refractivity contribution is 6.30. The molecule has 0 aliphatic carbocycles. The zero-order valence-corrected chi connectivity index (χ0v) is 25.6. The maximum absolute atomic E-state index is 13.5. The second-order valence-electron chi connectivity index (χ2n) is 11.9. The number of β-lactam (4-membered cyclic amide) rings is 1. The van der Waals surface area contributed by atoms with E-state index < -0.39 is 55.2 Å². The minimum absolute atomic E-state index is 0.0252. The average molecular weight is 646 g/mol. The molecular formula is C36H36ClNO8. The number of phenols is 1. The van der Waals surface area contributed by atoms with Crippen molar-refractivity contribution in [1.29, 1.82) is 0 Å². The number of halogens is 1. The number of nitrogens with zero attached hydrogens (tertiary/aromatic N) is 1. The average Bonchev–Trinajstić information content (AvgIpc) is 3.07. The van der Waals surface area contributed by atoms with Gasteiger partial charge in [0.1, 0.15) is 36.3 Å². The van der Waals surface area contributed by atoms with Gasteiger partial charge in [0.15, 0.2) is 0 Å². The quantitative estimate of drug-likeness (QED) is 0.146. The number of phenolic OH excluding ortho intramolecular Hbond substituents is 1. The van der Waals surface area contributed by atoms with E-state index in [0.717, 1.165) is 16.8 Å². The van der Waals surface area contributed by atoms with Gasteiger partial charge in [-0.1, -0.05) is 78.3 Å². The molecule has 0 radical (unpaired) electrons. The van der Waals surface area contributed by atoms with E-state index in [0.29, 0.717) is 34.6 Å². The largest absolute Gasteiger partial charge is 0.508 e. The molecule has 2 fully saturated rings. The Morgan fingerprint density at radius 2 is 1.50 bits per heavy atom. The zero-order valence-electron chi connectivity index (χ0n) is 24.8. The number of carbonyl (C=O) groups excluding carboxylic acids is 1. The first-order chi connectivity index (χ1) is 22.2. The number of para-hydroxylation sites is 1. The number of aromatic hydroxyl groups is 1. The fraction of sp³-hybridized carbons (Fsp3) is 0.306. The fourth-order valence-electron chi connectivity index (χ4n) is 6.47. The first kappa shape index (κ1) is 32.2. The van der Waals surface area contributed by atoms with Gasteiger partial charge in [-0.2, -0.15) is 0 Å². The highest BCUT2D eigenvalue weighted by Gasteiger charge is 2.49. The third-order valence-corrected chi connectivity index (χ3v) is 9.32. The van der Waals surface area contributed by atoms with Crippen LogP contribution in [0.2, 0.25) is 5.02 Å². The molecule has 2 heterocycles. The molecule has 0 aromatic heterocycles. The molecule has 6 N–H and O–H groups in total. The minimum Gasteiger partial charge on any atom is -0.508 e. The minimum atomic E-state index is -1.47. The highest BCUT2D eigenvalue weighted by Crippen LogP contribution is 2.49. The smallest absolute Gasteiger partial charge is 0.233 e. The summed E-state index contributed by atoms with van der Waals surface area (Å²) in [6.45, 7) is -0.511. The molecule has 0 saturated carbocycles. The van der Waals surface area contributed by atoms with Gasteiger partial charge >= 0.3 is 0 Å². The van der Waals surface area contributed by atoms with Gasteiger partial charge in [0.05, 0.1) is 24.7 Å². The van der Waals surface area contributed by atoms with E-state index in [1.165, 1.54) is 0 Å². The lowest BCUT2D eigenvalue weighted by atomic mass is 9.77. The fourth-order valence-corrected chi connectivity index (χ4v) is 6.59. The van der Waals surface area contributed by atoms with Crippen LogP contribution in [-0.2, 0) is 9.53 Å². The summed E-state index contributed by atoms with van der Waals surface area (Å²) >= 11 is 5.99. The Labute approximate surface area is 271 Å². The maximum atomic E-state index is 13.5. The lowest BCUT2D eigenvalue weighted by Gasteiger charge is -2.48. The molecule has 4 aromatic carbocycles. The van der Waals surface area contributed by atoms with Gasteiger partial charge in [-0.15, -0.1) is 0 Å². The molecule has 2 aliphatic rings. The van der Waals surface area contributed by atoms with Crippen molar-refractivity contribution in [2.24, 2.45) is 5.92 Å². The second-order valence-corrected chi connectivity index (χ2v) is 12.3. The Balaban J connectivity index is 1.23. The van der Waals surface area contributed by atoms with Crippen LogP contribution in [0.3, 0.4) is 0 Å². The van der Waals surface area contributed by atoms with E-state index in [1.807, 2.05) is 42.5 Å². The van der Waals surface area contributed by atoms with Gasteiger partial charge in [-0.3, -0.25) is 4.79 Å². The molecule has 0 bridgehead atoms. The number of benzene rings is 4. The molecule has 8 atom stereocenters. The Morgan fingerprint density at radius 3 is 2.15 bits per heavy atom. The molecule has 1 amide bonds. The molecule has 10 heteroatoms. The van der Waals surface area contributed by atoms with Crippen LogP contribution in [-0.4, -0.2) is 67.6 Å². The number of amides is 1. The second kappa shape index (κ2) is 13.5. The first-order valence-corrected chi connectivity index (χ1v) is 15.6. The monoisotopic (exact) mass is 645 g/mol. The summed E-state index contributed by atoms with van der Waals surface area (Å²) in [6.07, 6.45) is -6.24. The van der Waals surface area contributed by atoms with Crippen molar-refractivity contribution in [2.45, 2.75) is 55.5 Å². The standard InChI is InChI=1S/C36H36ClNO8/c37-24-13-10-21(11-14-24)28(40)17-16-27-31(38(36(27)45)25-4-2-1-3-5-25)26-15-12-23(18-29(26)41)20-6-8-22(9-7-20)35-34(44)33(43)32(42)30(19-39)46-35/h1-15,18,27-28,30-35,39-44H,16-17,19H2/t27-,28+,30-,31-,32-,33+,34-,35+/m1/s1. The van der Waals surface area contributed by atoms with Gasteiger partial charge < -0.3 is 40.3 Å². The summed E-state index contributed by atoms with van der Waals surface area (Å²) in [7, 11) is 0. The number of aliphatic hydroxyl groups is 5. The van der Waals surface area contributed by atoms with Gasteiger partial charge in [0, 0.05) is 16.3 Å². The third kappa shape index (κ3) is 6.15. The van der Waals surface area contributed by atoms with Crippen molar-refractivity contribution >= 4 is 23.2 Å². The molecule has 46 heavy (non-hydrogen) atoms. The van der Waals surface area contributed by atoms with E-state index in [-0.39, 0.29) is 11.7 Å². The van der Waals surface area contributed by atoms with Crippen molar-refractivity contribution < 1.29 is 40.2 Å². The Bertz CT molecular complexity index is 1650. The summed E-state index contributed by atoms with van der Waals surface area (Å²) in [6, 6.07) is 28.2. The normalized spacial score (nSPS) is 26.9. The van der Waals surface area contributed by atoms with Crippen LogP contribution >= 0.6 is 11.6 Å². The topological polar surface area (TPSA) is 151 Å². The SMILES string of the molecule is O=C1[C@H](CC[C@H](O)c2ccc(Cl)cc2)[C@@H](c2ccc(-c3ccc([C@@H]4O[C@H](CO)[C@@H](O)[C@H](O)[C@H]4O)cc3)cc2O)N1c1ccccc1. The van der Waals surface area contributed by atoms with Crippen molar-refractivity contribution in [3.05, 3.63) is 119 Å². The third-order valence-electron chi connectivity index (χ3n) is 9.07. The van der Waals surface area contributed by atoms with E-state index >= 15 is 0 Å². The van der Waals surface area contributed by atoms with Crippen molar-refractivity contribution in [3.8, 4) is 16.9 Å². The summed E-state index contributed by atoms with van der Waals surface area (Å²) in [5.41, 5.74) is 4.07. The molecule has 0 unspecified atom stereocenters. The van der Waals surface area contributed by atoms with Gasteiger partial charge in [-0.25, -0.2) is 0 Å². The summed E-state index contributed by atoms with van der Waals surface area (Å²) in [5, 5.41) is 63.0. The van der Waals surface area contributed by atoms with Crippen LogP contribution in [0.4, 0.5) is 5.69 Å². The number of hydrogen-bond acceptors (Lipinski definition) is 8. The Kier molecular flexibility index (Phi) is 9.44. The van der Waals surface area contributed by atoms with Crippen molar-refractivity contribution in [2.75, 3.05) is 11.5 Å². The van der Waals surface area contributed by atoms with Crippen LogP contribution < -0.4 is 4.90 Å². The Morgan fingerprint density at radius 1 is 0.826 bits per heavy atom. The molecule has 9 nitrogen and oxygen atoms in total. The number of rotatable bonds is 9. The van der Waals surface area contributed by atoms with E-state index in [4.69, 9.17) is 16.3 Å². The van der Waals surface area contributed by atoms with E-state index in [1.54, 1.807) is 59.5 Å². The number of carbonyl (C=O) groups is 1. The summed E-state index contributed by atoms with van der Waals surface area (Å²) in [4.78, 5) is 15.2.